The fourth-order valence-electron chi connectivity index (χ4n) is 0. The third-order valence-corrected chi connectivity index (χ3v) is 0.387. The number of aliphatic carboxylic acids is 1. The second kappa shape index (κ2) is 10.9. The molecule has 0 fully saturated rings. The molecule has 0 aliphatic carbocycles. The third kappa shape index (κ3) is 234. The van der Waals surface area contributed by atoms with E-state index in [1.165, 1.54) is 0 Å². The van der Waals surface area contributed by atoms with E-state index in [0.717, 1.165) is 0 Å². The van der Waals surface area contributed by atoms with Gasteiger partial charge in [-0.15, -0.1) is 0 Å². The molecule has 0 aliphatic heterocycles. The van der Waals surface area contributed by atoms with Crippen LogP contribution in [0.2, 0.25) is 0 Å². The van der Waals surface area contributed by atoms with Gasteiger partial charge >= 0.3 is 6.03 Å². The Morgan fingerprint density at radius 3 is 1.50 bits per heavy atom. The maximum atomic E-state index is 9.18. The number of primary amides is 2. The molecule has 8 N–H and O–H groups in total. The Morgan fingerprint density at radius 2 is 1.50 bits per heavy atom. The third-order valence-electron chi connectivity index (χ3n) is 0.129. The zero-order valence-electron chi connectivity index (χ0n) is 5.53. The van der Waals surface area contributed by atoms with Gasteiger partial charge in [0, 0.05) is 5.75 Å². The van der Waals surface area contributed by atoms with Gasteiger partial charge in [-0.3, -0.25) is 0 Å². The van der Waals surface area contributed by atoms with Gasteiger partial charge in [0.05, 0.1) is 5.97 Å². The fourth-order valence-corrected chi connectivity index (χ4v) is 0. The lowest BCUT2D eigenvalue weighted by molar-refractivity contribution is -0.301. The minimum absolute atomic E-state index is 0. The predicted octanol–water partition coefficient (Wildman–Crippen LogP) is -1.93. The maximum Gasteiger partial charge on any atom is 0.309 e. The van der Waals surface area contributed by atoms with Crippen LogP contribution in [-0.2, 0) is 4.79 Å². The number of hydrogen-bond donors (Lipinski definition) is 4. The number of thiol groups is 1. The number of carboxylic acids is 1. The molecular weight excluding hydrogens is 158 g/mol. The minimum atomic E-state index is -1.13. The number of urea groups is 1. The maximum absolute atomic E-state index is 9.18. The Bertz CT molecular complexity index is 103. The molecule has 0 rings (SSSR count). The van der Waals surface area contributed by atoms with Crippen molar-refractivity contribution in [1.82, 2.24) is 6.15 Å². The molecule has 10 heavy (non-hydrogen) atoms. The summed E-state index contributed by atoms with van der Waals surface area (Å²) in [5.74, 6) is -1.33. The highest BCUT2D eigenvalue weighted by Crippen LogP contribution is 1.62. The summed E-state index contributed by atoms with van der Waals surface area (Å²) in [5, 5.41) is 9.18. The first-order valence-corrected chi connectivity index (χ1v) is 2.49. The van der Waals surface area contributed by atoms with E-state index in [1.54, 1.807) is 0 Å². The van der Waals surface area contributed by atoms with E-state index in [9.17, 15) is 9.90 Å². The zero-order chi connectivity index (χ0) is 7.86. The van der Waals surface area contributed by atoms with E-state index in [0.29, 0.717) is 0 Å². The van der Waals surface area contributed by atoms with Crippen molar-refractivity contribution in [2.75, 3.05) is 5.75 Å². The summed E-state index contributed by atoms with van der Waals surface area (Å²) in [6.45, 7) is 0. The Balaban J connectivity index is -0.0000000910. The molecule has 0 radical (unpaired) electrons. The molecular formula is C3H11N3O3S. The Kier molecular flexibility index (Phi) is 17.5. The highest BCUT2D eigenvalue weighted by molar-refractivity contribution is 7.81. The molecule has 62 valence electrons. The van der Waals surface area contributed by atoms with Gasteiger partial charge in [0.25, 0.3) is 0 Å². The van der Waals surface area contributed by atoms with E-state index in [2.05, 4.69) is 24.1 Å². The van der Waals surface area contributed by atoms with Crippen molar-refractivity contribution >= 4 is 24.6 Å². The van der Waals surface area contributed by atoms with Crippen LogP contribution in [0.3, 0.4) is 0 Å². The first-order valence-electron chi connectivity index (χ1n) is 1.86. The van der Waals surface area contributed by atoms with Gasteiger partial charge in [-0.2, -0.15) is 12.6 Å². The lowest BCUT2D eigenvalue weighted by atomic mass is 10.8. The molecule has 0 bridgehead atoms. The number of quaternary nitrogens is 1. The van der Waals surface area contributed by atoms with Gasteiger partial charge in [0.1, 0.15) is 0 Å². The monoisotopic (exact) mass is 169 g/mol. The number of carbonyl (C=O) groups is 2. The van der Waals surface area contributed by atoms with Gasteiger partial charge < -0.3 is 27.5 Å². The van der Waals surface area contributed by atoms with E-state index in [-0.39, 0.29) is 11.9 Å². The molecule has 0 unspecified atom stereocenters. The molecule has 0 saturated heterocycles. The lowest BCUT2D eigenvalue weighted by Crippen LogP contribution is -2.23. The van der Waals surface area contributed by atoms with E-state index >= 15 is 0 Å². The van der Waals surface area contributed by atoms with Crippen LogP contribution in [0.15, 0.2) is 0 Å². The van der Waals surface area contributed by atoms with E-state index < -0.39 is 12.0 Å². The summed E-state index contributed by atoms with van der Waals surface area (Å²) in [5.41, 5.74) is 8.50. The predicted molar refractivity (Wildman–Crippen MR) is 38.6 cm³/mol. The van der Waals surface area contributed by atoms with Crippen molar-refractivity contribution in [3.8, 4) is 0 Å². The van der Waals surface area contributed by atoms with Crippen LogP contribution in [0.25, 0.3) is 0 Å². The molecule has 0 aromatic carbocycles. The van der Waals surface area contributed by atoms with Crippen molar-refractivity contribution in [2.45, 2.75) is 0 Å². The summed E-state index contributed by atoms with van der Waals surface area (Å²) in [4.78, 5) is 18.2. The minimum Gasteiger partial charge on any atom is -0.549 e. The number of carboxylic acid groups (broad SMARTS) is 1. The number of carbonyl (C=O) groups excluding carboxylic acids is 2. The topological polar surface area (TPSA) is 146 Å². The summed E-state index contributed by atoms with van der Waals surface area (Å²) in [6.07, 6.45) is 0. The SMILES string of the molecule is NC(N)=O.O=C([O-])CS.[NH4+]. The van der Waals surface area contributed by atoms with Crippen molar-refractivity contribution in [1.29, 1.82) is 0 Å². The Hall–Kier alpha value is -0.950. The average molecular weight is 169 g/mol. The molecule has 0 saturated carbocycles. The smallest absolute Gasteiger partial charge is 0.309 e. The van der Waals surface area contributed by atoms with Gasteiger partial charge in [0.2, 0.25) is 0 Å². The molecule has 0 aromatic heterocycles. The highest BCUT2D eigenvalue weighted by Gasteiger charge is 1.66. The Morgan fingerprint density at radius 1 is 1.40 bits per heavy atom. The van der Waals surface area contributed by atoms with Gasteiger partial charge in [-0.05, 0) is 0 Å². The summed E-state index contributed by atoms with van der Waals surface area (Å²) in [7, 11) is 0. The van der Waals surface area contributed by atoms with Crippen LogP contribution in [-0.4, -0.2) is 17.8 Å². The highest BCUT2D eigenvalue weighted by atomic mass is 32.1. The molecule has 0 aliphatic rings. The van der Waals surface area contributed by atoms with E-state index in [1.807, 2.05) is 0 Å². The quantitative estimate of drug-likeness (QED) is 0.339. The fraction of sp³-hybridized carbons (Fsp3) is 0.333. The number of rotatable bonds is 1. The molecule has 0 spiro atoms. The number of amides is 2. The number of nitrogens with two attached hydrogens (primary N) is 2. The van der Waals surface area contributed by atoms with Gasteiger partial charge in [-0.1, -0.05) is 0 Å². The molecule has 0 atom stereocenters. The summed E-state index contributed by atoms with van der Waals surface area (Å²) < 4.78 is 0. The molecule has 0 heterocycles. The van der Waals surface area contributed by atoms with E-state index in [4.69, 9.17) is 4.79 Å². The molecule has 0 aromatic rings. The van der Waals surface area contributed by atoms with Crippen LogP contribution in [0.4, 0.5) is 4.79 Å². The number of hydrogen-bond acceptors (Lipinski definition) is 4. The van der Waals surface area contributed by atoms with Crippen molar-refractivity contribution in [2.24, 2.45) is 11.5 Å². The zero-order valence-corrected chi connectivity index (χ0v) is 6.43. The van der Waals surface area contributed by atoms with Crippen LogP contribution in [0, 0.1) is 0 Å². The summed E-state index contributed by atoms with van der Waals surface area (Å²) >= 11 is 3.35. The molecule has 6 nitrogen and oxygen atoms in total. The second-order valence-corrected chi connectivity index (χ2v) is 1.25. The van der Waals surface area contributed by atoms with Crippen LogP contribution in [0.1, 0.15) is 0 Å². The van der Waals surface area contributed by atoms with Crippen LogP contribution < -0.4 is 22.7 Å². The average Bonchev–Trinajstić information content (AvgIpc) is 1.65. The van der Waals surface area contributed by atoms with Gasteiger partial charge in [0.15, 0.2) is 0 Å². The van der Waals surface area contributed by atoms with Gasteiger partial charge in [-0.25, -0.2) is 4.79 Å². The molecule has 7 heteroatoms. The second-order valence-electron chi connectivity index (χ2n) is 0.932. The normalized spacial score (nSPS) is 6.10. The first kappa shape index (κ1) is 16.0. The first-order chi connectivity index (χ1) is 4.00. The largest absolute Gasteiger partial charge is 0.549 e. The lowest BCUT2D eigenvalue weighted by Gasteiger charge is -1.86. The van der Waals surface area contributed by atoms with Crippen molar-refractivity contribution in [3.05, 3.63) is 0 Å². The summed E-state index contributed by atoms with van der Waals surface area (Å²) in [6, 6.07) is -0.833. The standard InChI is InChI=1S/C2H4O2S.CH4N2O.H3N/c3-2(4)1-5;2-1(3)4;/h5H,1H2,(H,3,4);(H4,2,3,4);1H3. The van der Waals surface area contributed by atoms with Crippen LogP contribution in [0.5, 0.6) is 0 Å². The molecule has 2 amide bonds. The van der Waals surface area contributed by atoms with Crippen molar-refractivity contribution < 1.29 is 14.7 Å². The van der Waals surface area contributed by atoms with Crippen molar-refractivity contribution in [3.63, 3.8) is 0 Å². The van der Waals surface area contributed by atoms with Crippen LogP contribution >= 0.6 is 12.6 Å². The Labute approximate surface area is 63.6 Å².